The molecule has 0 bridgehead atoms. The minimum atomic E-state index is -0.354. The molecule has 0 saturated carbocycles. The van der Waals surface area contributed by atoms with Crippen LogP contribution in [0.1, 0.15) is 19.8 Å². The number of amides is 1. The summed E-state index contributed by atoms with van der Waals surface area (Å²) in [6, 6.07) is 5.07. The van der Waals surface area contributed by atoms with Crippen LogP contribution < -0.4 is 25.2 Å². The van der Waals surface area contributed by atoms with Crippen molar-refractivity contribution in [2.45, 2.75) is 26.3 Å². The fourth-order valence-corrected chi connectivity index (χ4v) is 4.68. The molecule has 4 rings (SSSR count). The van der Waals surface area contributed by atoms with E-state index in [1.807, 2.05) is 0 Å². The summed E-state index contributed by atoms with van der Waals surface area (Å²) in [5, 5.41) is 3.59. The lowest BCUT2D eigenvalue weighted by Crippen LogP contribution is -2.34. The van der Waals surface area contributed by atoms with E-state index in [1.54, 1.807) is 18.2 Å². The number of nitrogens with one attached hydrogen (secondary N) is 1. The number of carbonyl (C=O) groups is 1. The van der Waals surface area contributed by atoms with Crippen LogP contribution in [0, 0.1) is 5.92 Å². The Morgan fingerprint density at radius 2 is 2.00 bits per heavy atom. The Morgan fingerprint density at radius 3 is 2.68 bits per heavy atom. The first-order chi connectivity index (χ1) is 15.0. The van der Waals surface area contributed by atoms with Crippen LogP contribution in [0.2, 0.25) is 0 Å². The molecular weight excluding hydrogens is 418 g/mol. The summed E-state index contributed by atoms with van der Waals surface area (Å²) in [6.45, 7) is 3.93. The van der Waals surface area contributed by atoms with Crippen LogP contribution in [-0.4, -0.2) is 47.8 Å². The lowest BCUT2D eigenvalue weighted by atomic mass is 10.0. The maximum atomic E-state index is 12.9. The molecule has 0 unspecified atom stereocenters. The Bertz CT molecular complexity index is 1140. The van der Waals surface area contributed by atoms with Crippen molar-refractivity contribution >= 4 is 38.4 Å². The molecule has 0 spiro atoms. The second-order valence-electron chi connectivity index (χ2n) is 7.67. The molecule has 3 aromatic rings. The van der Waals surface area contributed by atoms with E-state index in [1.165, 1.54) is 42.9 Å². The standard InChI is InChI=1S/C21H25N5O4S/c1-13-5-4-6-25(10-13)21-24-19-18(31-21)20(28)26(12-22-19)11-17(27)23-14-7-15(29-2)9-16(8-14)30-3/h7-9,12-13H,4-6,10-11H2,1-3H3,(H,23,27)/t13-/m1/s1. The van der Waals surface area contributed by atoms with E-state index in [4.69, 9.17) is 9.47 Å². The number of hydrogen-bond donors (Lipinski definition) is 1. The Kier molecular flexibility index (Phi) is 6.08. The summed E-state index contributed by atoms with van der Waals surface area (Å²) >= 11 is 1.34. The maximum absolute atomic E-state index is 12.9. The van der Waals surface area contributed by atoms with Crippen molar-refractivity contribution in [2.75, 3.05) is 37.5 Å². The highest BCUT2D eigenvalue weighted by Gasteiger charge is 2.21. The number of benzene rings is 1. The van der Waals surface area contributed by atoms with Gasteiger partial charge in [-0.1, -0.05) is 18.3 Å². The zero-order valence-electron chi connectivity index (χ0n) is 17.8. The molecule has 1 amide bonds. The van der Waals surface area contributed by atoms with Gasteiger partial charge in [0.05, 0.1) is 14.2 Å². The number of carbonyl (C=O) groups excluding carboxylic acids is 1. The van der Waals surface area contributed by atoms with Crippen LogP contribution in [0.25, 0.3) is 10.3 Å². The lowest BCUT2D eigenvalue weighted by molar-refractivity contribution is -0.116. The van der Waals surface area contributed by atoms with Crippen LogP contribution in [0.5, 0.6) is 11.5 Å². The van der Waals surface area contributed by atoms with Gasteiger partial charge in [0.15, 0.2) is 10.8 Å². The molecule has 10 heteroatoms. The fraction of sp³-hybridized carbons (Fsp3) is 0.429. The summed E-state index contributed by atoms with van der Waals surface area (Å²) in [5.74, 6) is 1.36. The number of anilines is 2. The first-order valence-electron chi connectivity index (χ1n) is 10.1. The molecule has 31 heavy (non-hydrogen) atoms. The summed E-state index contributed by atoms with van der Waals surface area (Å²) in [5.41, 5.74) is 0.678. The van der Waals surface area contributed by atoms with Gasteiger partial charge in [-0.05, 0) is 18.8 Å². The largest absolute Gasteiger partial charge is 0.497 e. The predicted octanol–water partition coefficient (Wildman–Crippen LogP) is 2.75. The first-order valence-corrected chi connectivity index (χ1v) is 10.9. The number of hydrogen-bond acceptors (Lipinski definition) is 8. The van der Waals surface area contributed by atoms with Crippen molar-refractivity contribution in [1.82, 2.24) is 14.5 Å². The molecule has 164 valence electrons. The quantitative estimate of drug-likeness (QED) is 0.625. The van der Waals surface area contributed by atoms with Crippen LogP contribution in [0.15, 0.2) is 29.3 Å². The van der Waals surface area contributed by atoms with Crippen molar-refractivity contribution in [3.05, 3.63) is 34.9 Å². The van der Waals surface area contributed by atoms with E-state index >= 15 is 0 Å². The van der Waals surface area contributed by atoms with Crippen molar-refractivity contribution in [2.24, 2.45) is 5.92 Å². The number of rotatable bonds is 6. The van der Waals surface area contributed by atoms with Gasteiger partial charge in [-0.15, -0.1) is 0 Å². The molecule has 1 saturated heterocycles. The zero-order valence-corrected chi connectivity index (χ0v) is 18.6. The third kappa shape index (κ3) is 4.63. The van der Waals surface area contributed by atoms with Gasteiger partial charge in [0.1, 0.15) is 29.1 Å². The van der Waals surface area contributed by atoms with Gasteiger partial charge in [-0.25, -0.2) is 4.98 Å². The number of piperidine rings is 1. The molecule has 1 atom stereocenters. The zero-order chi connectivity index (χ0) is 22.0. The predicted molar refractivity (Wildman–Crippen MR) is 120 cm³/mol. The molecule has 1 N–H and O–H groups in total. The number of aromatic nitrogens is 3. The SMILES string of the molecule is COc1cc(NC(=O)Cn2cnc3nc(N4CCC[C@@H](C)C4)sc3c2=O)cc(OC)c1. The van der Waals surface area contributed by atoms with Gasteiger partial charge >= 0.3 is 0 Å². The summed E-state index contributed by atoms with van der Waals surface area (Å²) in [7, 11) is 3.07. The smallest absolute Gasteiger partial charge is 0.273 e. The Labute approximate surface area is 183 Å². The van der Waals surface area contributed by atoms with Gasteiger partial charge in [-0.3, -0.25) is 14.2 Å². The van der Waals surface area contributed by atoms with Crippen LogP contribution in [-0.2, 0) is 11.3 Å². The van der Waals surface area contributed by atoms with Gasteiger partial charge in [0.25, 0.3) is 5.56 Å². The molecule has 0 radical (unpaired) electrons. The van der Waals surface area contributed by atoms with Gasteiger partial charge in [0, 0.05) is 37.0 Å². The van der Waals surface area contributed by atoms with Crippen molar-refractivity contribution in [3.63, 3.8) is 0 Å². The lowest BCUT2D eigenvalue weighted by Gasteiger charge is -2.30. The normalized spacial score (nSPS) is 16.4. The highest BCUT2D eigenvalue weighted by Crippen LogP contribution is 2.29. The van der Waals surface area contributed by atoms with E-state index in [9.17, 15) is 9.59 Å². The highest BCUT2D eigenvalue weighted by molar-refractivity contribution is 7.22. The van der Waals surface area contributed by atoms with E-state index in [-0.39, 0.29) is 18.0 Å². The average Bonchev–Trinajstić information content (AvgIpc) is 3.20. The molecule has 2 aromatic heterocycles. The van der Waals surface area contributed by atoms with E-state index < -0.39 is 0 Å². The molecule has 9 nitrogen and oxygen atoms in total. The van der Waals surface area contributed by atoms with Gasteiger partial charge in [-0.2, -0.15) is 4.98 Å². The molecule has 0 aliphatic carbocycles. The Morgan fingerprint density at radius 1 is 1.26 bits per heavy atom. The maximum Gasteiger partial charge on any atom is 0.273 e. The molecular formula is C21H25N5O4S. The van der Waals surface area contributed by atoms with E-state index in [0.717, 1.165) is 24.6 Å². The summed E-state index contributed by atoms with van der Waals surface area (Å²) in [4.78, 5) is 36.6. The topological polar surface area (TPSA) is 98.6 Å². The van der Waals surface area contributed by atoms with E-state index in [2.05, 4.69) is 27.1 Å². The molecule has 3 heterocycles. The van der Waals surface area contributed by atoms with Crippen LogP contribution in [0.3, 0.4) is 0 Å². The van der Waals surface area contributed by atoms with Gasteiger partial charge in [0.2, 0.25) is 5.91 Å². The first kappa shape index (κ1) is 21.1. The Balaban J connectivity index is 1.52. The minimum absolute atomic E-state index is 0.157. The number of nitrogens with zero attached hydrogens (tertiary/aromatic N) is 4. The van der Waals surface area contributed by atoms with Crippen molar-refractivity contribution in [1.29, 1.82) is 0 Å². The second kappa shape index (κ2) is 8.93. The average molecular weight is 444 g/mol. The van der Waals surface area contributed by atoms with Crippen LogP contribution in [0.4, 0.5) is 10.8 Å². The summed E-state index contributed by atoms with van der Waals surface area (Å²) in [6.07, 6.45) is 3.70. The number of thiazole rings is 1. The van der Waals surface area contributed by atoms with Crippen molar-refractivity contribution < 1.29 is 14.3 Å². The fourth-order valence-electron chi connectivity index (χ4n) is 3.68. The monoisotopic (exact) mass is 443 g/mol. The molecule has 1 fully saturated rings. The van der Waals surface area contributed by atoms with Crippen LogP contribution >= 0.6 is 11.3 Å². The van der Waals surface area contributed by atoms with Crippen molar-refractivity contribution in [3.8, 4) is 11.5 Å². The highest BCUT2D eigenvalue weighted by atomic mass is 32.1. The molecule has 1 aliphatic rings. The third-order valence-electron chi connectivity index (χ3n) is 5.25. The Hall–Kier alpha value is -3.14. The molecule has 1 aliphatic heterocycles. The number of methoxy groups -OCH3 is 2. The molecule has 1 aromatic carbocycles. The third-order valence-corrected chi connectivity index (χ3v) is 6.34. The number of fused-ring (bicyclic) bond motifs is 1. The minimum Gasteiger partial charge on any atom is -0.497 e. The van der Waals surface area contributed by atoms with Gasteiger partial charge < -0.3 is 19.7 Å². The summed E-state index contributed by atoms with van der Waals surface area (Å²) < 4.78 is 12.2. The van der Waals surface area contributed by atoms with E-state index in [0.29, 0.717) is 33.5 Å². The number of ether oxygens (including phenoxy) is 2. The second-order valence-corrected chi connectivity index (χ2v) is 8.65.